The molecule has 0 bridgehead atoms. The first-order chi connectivity index (χ1) is 11.4. The molecule has 4 heteroatoms. The van der Waals surface area contributed by atoms with Gasteiger partial charge in [-0.2, -0.15) is 0 Å². The van der Waals surface area contributed by atoms with Crippen LogP contribution in [0.3, 0.4) is 0 Å². The topological polar surface area (TPSA) is 37.4 Å². The summed E-state index contributed by atoms with van der Waals surface area (Å²) in [5.41, 5.74) is -0.136. The molecule has 1 aliphatic carbocycles. The van der Waals surface area contributed by atoms with Crippen molar-refractivity contribution in [1.82, 2.24) is 4.90 Å². The molecular weight excluding hydrogens is 300 g/mol. The van der Waals surface area contributed by atoms with Gasteiger partial charge in [0.2, 0.25) is 5.91 Å². The Labute approximate surface area is 148 Å². The molecule has 2 aliphatic rings. The van der Waals surface area contributed by atoms with Crippen LogP contribution in [0.5, 0.6) is 0 Å². The maximum atomic E-state index is 13.1. The highest BCUT2D eigenvalue weighted by Crippen LogP contribution is 2.51. The van der Waals surface area contributed by atoms with Crippen LogP contribution in [0.15, 0.2) is 0 Å². The number of carbonyl (C=O) groups excluding carboxylic acids is 2. The van der Waals surface area contributed by atoms with E-state index < -0.39 is 0 Å². The fourth-order valence-electron chi connectivity index (χ4n) is 3.92. The number of nitrogens with zero attached hydrogens (tertiary/aromatic N) is 2. The third-order valence-electron chi connectivity index (χ3n) is 6.38. The molecule has 1 saturated carbocycles. The zero-order chi connectivity index (χ0) is 17.8. The van der Waals surface area contributed by atoms with Gasteiger partial charge >= 0.3 is 5.91 Å². The van der Waals surface area contributed by atoms with Crippen LogP contribution in [0.4, 0.5) is 0 Å². The minimum atomic E-state index is -0.136. The second-order valence-electron chi connectivity index (χ2n) is 8.50. The number of carbonyl (C=O) groups is 2. The van der Waals surface area contributed by atoms with Gasteiger partial charge in [0.05, 0.1) is 20.1 Å². The SMILES string of the molecule is CCCN(CC(=O)[N+]1(C)CCCC1)C(=O)C1(CCC(C)CC)CC1. The summed E-state index contributed by atoms with van der Waals surface area (Å²) in [5.74, 6) is 1.17. The van der Waals surface area contributed by atoms with Gasteiger partial charge in [-0.15, -0.1) is 0 Å². The predicted octanol–water partition coefficient (Wildman–Crippen LogP) is 3.60. The lowest BCUT2D eigenvalue weighted by molar-refractivity contribution is -0.821. The molecule has 1 aliphatic heterocycles. The Hall–Kier alpha value is -0.900. The molecule has 4 nitrogen and oxygen atoms in total. The number of likely N-dealkylation sites (tertiary alicyclic amines) is 1. The van der Waals surface area contributed by atoms with Crippen molar-refractivity contribution in [2.75, 3.05) is 33.2 Å². The van der Waals surface area contributed by atoms with Gasteiger partial charge in [-0.1, -0.05) is 27.2 Å². The van der Waals surface area contributed by atoms with Crippen LogP contribution in [0.25, 0.3) is 0 Å². The number of rotatable bonds is 9. The Morgan fingerprint density at radius 2 is 1.79 bits per heavy atom. The summed E-state index contributed by atoms with van der Waals surface area (Å²) < 4.78 is 0.521. The fraction of sp³-hybridized carbons (Fsp3) is 0.900. The summed E-state index contributed by atoms with van der Waals surface area (Å²) in [5, 5.41) is 0. The van der Waals surface area contributed by atoms with Gasteiger partial charge in [0, 0.05) is 24.8 Å². The fourth-order valence-corrected chi connectivity index (χ4v) is 3.92. The molecule has 1 saturated heterocycles. The lowest BCUT2D eigenvalue weighted by Gasteiger charge is -2.31. The zero-order valence-corrected chi connectivity index (χ0v) is 16.3. The normalized spacial score (nSPS) is 22.2. The highest BCUT2D eigenvalue weighted by molar-refractivity contribution is 5.88. The van der Waals surface area contributed by atoms with Gasteiger partial charge in [-0.3, -0.25) is 9.28 Å². The van der Waals surface area contributed by atoms with E-state index in [-0.39, 0.29) is 17.2 Å². The Kier molecular flexibility index (Phi) is 6.46. The van der Waals surface area contributed by atoms with E-state index in [1.165, 1.54) is 6.42 Å². The number of hydrogen-bond acceptors (Lipinski definition) is 2. The predicted molar refractivity (Wildman–Crippen MR) is 97.4 cm³/mol. The van der Waals surface area contributed by atoms with Crippen molar-refractivity contribution in [2.45, 2.75) is 72.1 Å². The molecule has 0 aromatic carbocycles. The van der Waals surface area contributed by atoms with E-state index in [1.807, 2.05) is 11.9 Å². The van der Waals surface area contributed by atoms with Crippen molar-refractivity contribution < 1.29 is 14.1 Å². The van der Waals surface area contributed by atoms with Crippen LogP contribution in [-0.2, 0) is 9.59 Å². The van der Waals surface area contributed by atoms with Crippen molar-refractivity contribution in [1.29, 1.82) is 0 Å². The first-order valence-electron chi connectivity index (χ1n) is 10.0. The van der Waals surface area contributed by atoms with E-state index in [2.05, 4.69) is 20.8 Å². The lowest BCUT2D eigenvalue weighted by atomic mass is 9.92. The van der Waals surface area contributed by atoms with Crippen LogP contribution in [-0.4, -0.2) is 54.4 Å². The summed E-state index contributed by atoms with van der Waals surface area (Å²) >= 11 is 0. The Bertz CT molecular complexity index is 451. The van der Waals surface area contributed by atoms with Crippen LogP contribution in [0, 0.1) is 11.3 Å². The van der Waals surface area contributed by atoms with Crippen molar-refractivity contribution >= 4 is 11.8 Å². The second kappa shape index (κ2) is 7.99. The third kappa shape index (κ3) is 4.38. The highest BCUT2D eigenvalue weighted by Gasteiger charge is 2.51. The van der Waals surface area contributed by atoms with Crippen LogP contribution in [0.2, 0.25) is 0 Å². The minimum absolute atomic E-state index is 0.136. The van der Waals surface area contributed by atoms with E-state index in [4.69, 9.17) is 0 Å². The highest BCUT2D eigenvalue weighted by atomic mass is 16.2. The molecule has 0 aromatic rings. The van der Waals surface area contributed by atoms with Crippen molar-refractivity contribution in [3.63, 3.8) is 0 Å². The van der Waals surface area contributed by atoms with E-state index in [9.17, 15) is 9.59 Å². The molecule has 24 heavy (non-hydrogen) atoms. The summed E-state index contributed by atoms with van der Waals surface area (Å²) in [7, 11) is 2.04. The number of likely N-dealkylation sites (N-methyl/N-ethyl adjacent to an activating group) is 1. The van der Waals surface area contributed by atoms with Gasteiger partial charge in [0.1, 0.15) is 6.54 Å². The molecule has 2 fully saturated rings. The van der Waals surface area contributed by atoms with E-state index in [0.717, 1.165) is 64.6 Å². The number of hydrogen-bond donors (Lipinski definition) is 0. The van der Waals surface area contributed by atoms with Crippen LogP contribution in [0.1, 0.15) is 72.1 Å². The van der Waals surface area contributed by atoms with Crippen molar-refractivity contribution in [3.05, 3.63) is 0 Å². The standard InChI is InChI=1S/C20H37N2O2/c1-5-13-21(16-18(23)22(4)14-7-8-15-22)19(24)20(11-12-20)10-9-17(3)6-2/h17H,5-16H2,1-4H3/q+1. The Morgan fingerprint density at radius 3 is 2.29 bits per heavy atom. The summed E-state index contributed by atoms with van der Waals surface area (Å²) in [6, 6.07) is 0. The monoisotopic (exact) mass is 337 g/mol. The summed E-state index contributed by atoms with van der Waals surface area (Å²) in [6.45, 7) is 9.48. The smallest absolute Gasteiger partial charge is 0.329 e. The molecule has 1 atom stereocenters. The van der Waals surface area contributed by atoms with Gasteiger partial charge in [0.15, 0.2) is 0 Å². The molecule has 1 heterocycles. The van der Waals surface area contributed by atoms with Crippen molar-refractivity contribution in [2.24, 2.45) is 11.3 Å². The zero-order valence-electron chi connectivity index (χ0n) is 16.3. The van der Waals surface area contributed by atoms with Gasteiger partial charge in [-0.05, 0) is 38.0 Å². The largest absolute Gasteiger partial charge is 0.332 e. The molecule has 2 rings (SSSR count). The van der Waals surface area contributed by atoms with Crippen molar-refractivity contribution in [3.8, 4) is 0 Å². The third-order valence-corrected chi connectivity index (χ3v) is 6.38. The first-order valence-corrected chi connectivity index (χ1v) is 10.0. The second-order valence-corrected chi connectivity index (χ2v) is 8.50. The Morgan fingerprint density at radius 1 is 1.17 bits per heavy atom. The van der Waals surface area contributed by atoms with Crippen LogP contribution < -0.4 is 0 Å². The quantitative estimate of drug-likeness (QED) is 0.603. The molecule has 2 amide bonds. The van der Waals surface area contributed by atoms with Gasteiger partial charge in [-0.25, -0.2) is 4.79 Å². The average Bonchev–Trinajstić information content (AvgIpc) is 3.24. The summed E-state index contributed by atoms with van der Waals surface area (Å²) in [6.07, 6.45) is 8.52. The molecular formula is C20H37N2O2+. The molecule has 138 valence electrons. The molecule has 1 unspecified atom stereocenters. The van der Waals surface area contributed by atoms with Gasteiger partial charge < -0.3 is 4.90 Å². The minimum Gasteiger partial charge on any atom is -0.329 e. The molecule has 0 spiro atoms. The molecule has 0 N–H and O–H groups in total. The maximum Gasteiger partial charge on any atom is 0.332 e. The summed E-state index contributed by atoms with van der Waals surface area (Å²) in [4.78, 5) is 27.8. The first kappa shape index (κ1) is 19.4. The van der Waals surface area contributed by atoms with E-state index in [1.54, 1.807) is 0 Å². The van der Waals surface area contributed by atoms with E-state index >= 15 is 0 Å². The molecule has 0 radical (unpaired) electrons. The lowest BCUT2D eigenvalue weighted by Crippen LogP contribution is -2.53. The molecule has 0 aromatic heterocycles. The average molecular weight is 338 g/mol. The van der Waals surface area contributed by atoms with Gasteiger partial charge in [0.25, 0.3) is 0 Å². The number of quaternary nitrogens is 1. The van der Waals surface area contributed by atoms with Crippen LogP contribution >= 0.6 is 0 Å². The maximum absolute atomic E-state index is 13.1. The number of amides is 2. The van der Waals surface area contributed by atoms with E-state index in [0.29, 0.717) is 16.9 Å². The Balaban J connectivity index is 1.98.